The monoisotopic (exact) mass is 354 g/mol. The first kappa shape index (κ1) is 21.9. The highest BCUT2D eigenvalue weighted by Gasteiger charge is 2.39. The Kier molecular flexibility index (Phi) is 9.47. The fraction of sp³-hybridized carbons (Fsp3) is 0.900. The molecule has 2 atom stereocenters. The zero-order valence-corrected chi connectivity index (χ0v) is 17.0. The molecular weight excluding hydrogens is 316 g/mol. The topological polar surface area (TPSA) is 58.6 Å². The first-order valence-corrected chi connectivity index (χ1v) is 9.97. The third kappa shape index (κ3) is 5.98. The number of amides is 1. The molecule has 25 heavy (non-hydrogen) atoms. The summed E-state index contributed by atoms with van der Waals surface area (Å²) < 4.78 is 5.01. The van der Waals surface area contributed by atoms with E-state index in [1.54, 1.807) is 0 Å². The van der Waals surface area contributed by atoms with Crippen LogP contribution in [0.4, 0.5) is 0 Å². The first-order valence-electron chi connectivity index (χ1n) is 9.97. The number of carbonyl (C=O) groups is 2. The van der Waals surface area contributed by atoms with Gasteiger partial charge >= 0.3 is 5.97 Å². The quantitative estimate of drug-likeness (QED) is 0.645. The summed E-state index contributed by atoms with van der Waals surface area (Å²) in [4.78, 5) is 27.4. The second-order valence-electron chi connectivity index (χ2n) is 7.74. The van der Waals surface area contributed by atoms with E-state index in [1.807, 2.05) is 25.8 Å². The standard InChI is InChI=1S/C20H38N2O3/c1-7-15(8-2)18(19(23)21-16-12-10-9-11-13-16)22(5)17(14(3)4)20(24)25-6/h14-18H,7-13H2,1-6H3,(H,21,23)/t17-,18+/m0/s1. The molecule has 5 nitrogen and oxygen atoms in total. The van der Waals surface area contributed by atoms with Gasteiger partial charge in [-0.25, -0.2) is 0 Å². The molecule has 1 fully saturated rings. The van der Waals surface area contributed by atoms with Gasteiger partial charge in [-0.3, -0.25) is 14.5 Å². The fourth-order valence-corrected chi connectivity index (χ4v) is 4.20. The van der Waals surface area contributed by atoms with Crippen molar-refractivity contribution in [3.63, 3.8) is 0 Å². The lowest BCUT2D eigenvalue weighted by Gasteiger charge is -2.39. The molecule has 5 heteroatoms. The van der Waals surface area contributed by atoms with Gasteiger partial charge in [-0.2, -0.15) is 0 Å². The summed E-state index contributed by atoms with van der Waals surface area (Å²) in [6, 6.07) is -0.432. The van der Waals surface area contributed by atoms with Crippen LogP contribution in [0.2, 0.25) is 0 Å². The van der Waals surface area contributed by atoms with Gasteiger partial charge in [-0.15, -0.1) is 0 Å². The maximum absolute atomic E-state index is 13.1. The minimum atomic E-state index is -0.410. The van der Waals surface area contributed by atoms with Gasteiger partial charge in [0.25, 0.3) is 0 Å². The maximum Gasteiger partial charge on any atom is 0.323 e. The van der Waals surface area contributed by atoms with Crippen LogP contribution in [0.15, 0.2) is 0 Å². The molecule has 0 spiro atoms. The van der Waals surface area contributed by atoms with E-state index in [-0.39, 0.29) is 35.8 Å². The average molecular weight is 355 g/mol. The molecule has 0 aromatic carbocycles. The van der Waals surface area contributed by atoms with Crippen molar-refractivity contribution in [3.8, 4) is 0 Å². The van der Waals surface area contributed by atoms with Crippen LogP contribution >= 0.6 is 0 Å². The lowest BCUT2D eigenvalue weighted by molar-refractivity contribution is -0.151. The van der Waals surface area contributed by atoms with Crippen LogP contribution in [0.25, 0.3) is 0 Å². The normalized spacial score (nSPS) is 18.4. The largest absolute Gasteiger partial charge is 0.468 e. The molecule has 1 aliphatic rings. The highest BCUT2D eigenvalue weighted by molar-refractivity contribution is 5.84. The molecule has 1 N–H and O–H groups in total. The Morgan fingerprint density at radius 3 is 2.08 bits per heavy atom. The molecule has 1 aliphatic carbocycles. The molecule has 0 saturated heterocycles. The van der Waals surface area contributed by atoms with E-state index in [0.717, 1.165) is 25.7 Å². The Bertz CT molecular complexity index is 415. The minimum absolute atomic E-state index is 0.0673. The van der Waals surface area contributed by atoms with Crippen molar-refractivity contribution < 1.29 is 14.3 Å². The molecule has 1 rings (SSSR count). The lowest BCUT2D eigenvalue weighted by atomic mass is 9.88. The number of likely N-dealkylation sites (N-methyl/N-ethyl adjacent to an activating group) is 1. The molecule has 1 saturated carbocycles. The van der Waals surface area contributed by atoms with Crippen LogP contribution in [-0.2, 0) is 14.3 Å². The number of rotatable bonds is 9. The SMILES string of the molecule is CCC(CC)[C@H](C(=O)NC1CCCCC1)N(C)[C@H](C(=O)OC)C(C)C. The Morgan fingerprint density at radius 1 is 1.08 bits per heavy atom. The summed E-state index contributed by atoms with van der Waals surface area (Å²) in [6.45, 7) is 8.24. The van der Waals surface area contributed by atoms with Gasteiger partial charge in [0.05, 0.1) is 13.2 Å². The van der Waals surface area contributed by atoms with Crippen molar-refractivity contribution in [2.45, 2.75) is 90.8 Å². The fourth-order valence-electron chi connectivity index (χ4n) is 4.20. The summed E-state index contributed by atoms with van der Waals surface area (Å²) >= 11 is 0. The number of nitrogens with zero attached hydrogens (tertiary/aromatic N) is 1. The van der Waals surface area contributed by atoms with Crippen LogP contribution in [0.5, 0.6) is 0 Å². The Morgan fingerprint density at radius 2 is 1.64 bits per heavy atom. The van der Waals surface area contributed by atoms with Crippen molar-refractivity contribution >= 4 is 11.9 Å². The molecule has 0 aliphatic heterocycles. The van der Waals surface area contributed by atoms with E-state index < -0.39 is 6.04 Å². The Balaban J connectivity index is 3.00. The van der Waals surface area contributed by atoms with Gasteiger partial charge in [0, 0.05) is 6.04 Å². The number of ether oxygens (including phenoxy) is 1. The van der Waals surface area contributed by atoms with Gasteiger partial charge in [-0.05, 0) is 31.7 Å². The molecule has 0 bridgehead atoms. The second kappa shape index (κ2) is 10.8. The van der Waals surface area contributed by atoms with E-state index in [1.165, 1.54) is 26.4 Å². The van der Waals surface area contributed by atoms with Gasteiger partial charge in [0.15, 0.2) is 0 Å². The molecule has 0 aromatic heterocycles. The third-order valence-electron chi connectivity index (χ3n) is 5.67. The molecule has 0 radical (unpaired) electrons. The number of hydrogen-bond acceptors (Lipinski definition) is 4. The highest BCUT2D eigenvalue weighted by atomic mass is 16.5. The number of esters is 1. The molecule has 0 unspecified atom stereocenters. The van der Waals surface area contributed by atoms with Gasteiger partial charge in [-0.1, -0.05) is 59.8 Å². The van der Waals surface area contributed by atoms with E-state index in [2.05, 4.69) is 19.2 Å². The van der Waals surface area contributed by atoms with Gasteiger partial charge in [0.2, 0.25) is 5.91 Å². The van der Waals surface area contributed by atoms with E-state index in [4.69, 9.17) is 4.74 Å². The highest BCUT2D eigenvalue weighted by Crippen LogP contribution is 2.25. The zero-order chi connectivity index (χ0) is 19.0. The van der Waals surface area contributed by atoms with Crippen molar-refractivity contribution in [1.82, 2.24) is 10.2 Å². The Hall–Kier alpha value is -1.10. The Labute approximate surface area is 153 Å². The van der Waals surface area contributed by atoms with Crippen molar-refractivity contribution in [3.05, 3.63) is 0 Å². The third-order valence-corrected chi connectivity index (χ3v) is 5.67. The zero-order valence-electron chi connectivity index (χ0n) is 17.0. The average Bonchev–Trinajstić information content (AvgIpc) is 2.59. The van der Waals surface area contributed by atoms with Crippen LogP contribution in [0.3, 0.4) is 0 Å². The number of methoxy groups -OCH3 is 1. The van der Waals surface area contributed by atoms with Crippen molar-refractivity contribution in [1.29, 1.82) is 0 Å². The summed E-state index contributed by atoms with van der Waals surface area (Å²) in [5.41, 5.74) is 0. The van der Waals surface area contributed by atoms with Crippen molar-refractivity contribution in [2.24, 2.45) is 11.8 Å². The van der Waals surface area contributed by atoms with Crippen LogP contribution in [0, 0.1) is 11.8 Å². The minimum Gasteiger partial charge on any atom is -0.468 e. The maximum atomic E-state index is 13.1. The number of hydrogen-bond donors (Lipinski definition) is 1. The molecule has 0 aromatic rings. The molecule has 146 valence electrons. The van der Waals surface area contributed by atoms with E-state index in [9.17, 15) is 9.59 Å². The second-order valence-corrected chi connectivity index (χ2v) is 7.74. The van der Waals surface area contributed by atoms with Crippen molar-refractivity contribution in [2.75, 3.05) is 14.2 Å². The predicted molar refractivity (Wildman–Crippen MR) is 101 cm³/mol. The number of nitrogens with one attached hydrogen (secondary N) is 1. The van der Waals surface area contributed by atoms with Crippen LogP contribution < -0.4 is 5.32 Å². The number of carbonyl (C=O) groups excluding carboxylic acids is 2. The van der Waals surface area contributed by atoms with E-state index in [0.29, 0.717) is 0 Å². The summed E-state index contributed by atoms with van der Waals surface area (Å²) in [6.07, 6.45) is 7.59. The lowest BCUT2D eigenvalue weighted by Crippen LogP contribution is -2.58. The summed E-state index contributed by atoms with van der Waals surface area (Å²) in [5.74, 6) is 0.105. The summed E-state index contributed by atoms with van der Waals surface area (Å²) in [7, 11) is 3.31. The van der Waals surface area contributed by atoms with E-state index >= 15 is 0 Å². The van der Waals surface area contributed by atoms with Crippen LogP contribution in [0.1, 0.15) is 72.6 Å². The van der Waals surface area contributed by atoms with Gasteiger partial charge < -0.3 is 10.1 Å². The first-order chi connectivity index (χ1) is 11.9. The smallest absolute Gasteiger partial charge is 0.323 e. The van der Waals surface area contributed by atoms with Crippen LogP contribution in [-0.4, -0.2) is 49.1 Å². The predicted octanol–water partition coefficient (Wildman–Crippen LogP) is 3.37. The molecule has 0 heterocycles. The molecule has 1 amide bonds. The van der Waals surface area contributed by atoms with Gasteiger partial charge in [0.1, 0.15) is 6.04 Å². The summed E-state index contributed by atoms with van der Waals surface area (Å²) in [5, 5.41) is 3.27. The molecular formula is C20H38N2O3.